The summed E-state index contributed by atoms with van der Waals surface area (Å²) < 4.78 is 33.3. The summed E-state index contributed by atoms with van der Waals surface area (Å²) in [4.78, 5) is 0. The molecule has 1 aromatic heterocycles. The fraction of sp³-hybridized carbons (Fsp3) is 0.375. The van der Waals surface area contributed by atoms with Crippen LogP contribution >= 0.6 is 27.3 Å². The third-order valence-corrected chi connectivity index (χ3v) is 7.23. The molecule has 0 spiro atoms. The maximum absolute atomic E-state index is 12.1. The summed E-state index contributed by atoms with van der Waals surface area (Å²) in [5, 5.41) is 3.20. The molecule has 0 aliphatic heterocycles. The highest BCUT2D eigenvalue weighted by Gasteiger charge is 2.19. The second kappa shape index (κ2) is 7.97. The van der Waals surface area contributed by atoms with Gasteiger partial charge in [0.2, 0.25) is 10.0 Å². The Morgan fingerprint density at radius 2 is 1.79 bits per heavy atom. The van der Waals surface area contributed by atoms with E-state index < -0.39 is 10.0 Å². The minimum atomic E-state index is -3.44. The first kappa shape index (κ1) is 19.4. The standard InChI is InChI=1S/C16H21BrN2O3S2/c1-16(2,22-3)12-4-6-13(7-5-12)18-10-11-19-24(20,21)15-9-8-14(17)23-15/h4-9,18-19H,10-11H2,1-3H3. The molecule has 2 rings (SSSR count). The summed E-state index contributed by atoms with van der Waals surface area (Å²) in [6.45, 7) is 4.82. The fourth-order valence-electron chi connectivity index (χ4n) is 2.01. The summed E-state index contributed by atoms with van der Waals surface area (Å²) in [7, 11) is -1.76. The Labute approximate surface area is 155 Å². The molecule has 0 saturated carbocycles. The van der Waals surface area contributed by atoms with Gasteiger partial charge in [-0.1, -0.05) is 12.1 Å². The first-order chi connectivity index (χ1) is 11.2. The molecule has 0 aliphatic carbocycles. The molecule has 132 valence electrons. The number of thiophene rings is 1. The van der Waals surface area contributed by atoms with Crippen molar-refractivity contribution in [2.75, 3.05) is 25.5 Å². The number of sulfonamides is 1. The van der Waals surface area contributed by atoms with Crippen LogP contribution in [0.4, 0.5) is 5.69 Å². The van der Waals surface area contributed by atoms with E-state index in [1.807, 2.05) is 38.1 Å². The molecule has 0 fully saturated rings. The first-order valence-electron chi connectivity index (χ1n) is 7.39. The number of anilines is 1. The third kappa shape index (κ3) is 5.03. The predicted octanol–water partition coefficient (Wildman–Crippen LogP) is 3.78. The van der Waals surface area contributed by atoms with Crippen LogP contribution < -0.4 is 10.0 Å². The first-order valence-corrected chi connectivity index (χ1v) is 10.5. The van der Waals surface area contributed by atoms with Crippen molar-refractivity contribution in [1.29, 1.82) is 0 Å². The van der Waals surface area contributed by atoms with Gasteiger partial charge < -0.3 is 10.1 Å². The predicted molar refractivity (Wildman–Crippen MR) is 102 cm³/mol. The summed E-state index contributed by atoms with van der Waals surface area (Å²) in [6, 6.07) is 11.2. The average Bonchev–Trinajstić information content (AvgIpc) is 2.99. The zero-order valence-corrected chi connectivity index (χ0v) is 17.0. The highest BCUT2D eigenvalue weighted by molar-refractivity contribution is 9.11. The van der Waals surface area contributed by atoms with Gasteiger partial charge in [0.05, 0.1) is 9.39 Å². The van der Waals surface area contributed by atoms with E-state index in [1.54, 1.807) is 19.2 Å². The lowest BCUT2D eigenvalue weighted by Gasteiger charge is -2.23. The third-order valence-electron chi connectivity index (χ3n) is 3.65. The molecule has 0 radical (unpaired) electrons. The van der Waals surface area contributed by atoms with Crippen LogP contribution in [0.3, 0.4) is 0 Å². The summed E-state index contributed by atoms with van der Waals surface area (Å²) >= 11 is 4.46. The zero-order chi connectivity index (χ0) is 17.8. The Bertz CT molecular complexity index is 771. The molecule has 0 saturated heterocycles. The lowest BCUT2D eigenvalue weighted by Crippen LogP contribution is -2.28. The molecule has 2 aromatic rings. The SMILES string of the molecule is COC(C)(C)c1ccc(NCCNS(=O)(=O)c2ccc(Br)s2)cc1. The highest BCUT2D eigenvalue weighted by Crippen LogP contribution is 2.26. The van der Waals surface area contributed by atoms with Crippen molar-refractivity contribution in [2.45, 2.75) is 23.7 Å². The van der Waals surface area contributed by atoms with Crippen LogP contribution in [0.25, 0.3) is 0 Å². The quantitative estimate of drug-likeness (QED) is 0.622. The fourth-order valence-corrected chi connectivity index (χ4v) is 5.10. The number of nitrogens with one attached hydrogen (secondary N) is 2. The minimum absolute atomic E-state index is 0.306. The van der Waals surface area contributed by atoms with Crippen LogP contribution in [0.2, 0.25) is 0 Å². The minimum Gasteiger partial charge on any atom is -0.384 e. The number of hydrogen-bond donors (Lipinski definition) is 2. The lowest BCUT2D eigenvalue weighted by molar-refractivity contribution is 0.0192. The number of ether oxygens (including phenoxy) is 1. The highest BCUT2D eigenvalue weighted by atomic mass is 79.9. The summed E-state index contributed by atoms with van der Waals surface area (Å²) in [5.74, 6) is 0. The molecule has 0 aliphatic rings. The van der Waals surface area contributed by atoms with Gasteiger partial charge in [-0.05, 0) is 59.6 Å². The molecule has 0 bridgehead atoms. The molecular weight excluding hydrogens is 412 g/mol. The van der Waals surface area contributed by atoms with Gasteiger partial charge in [-0.15, -0.1) is 11.3 Å². The Balaban J connectivity index is 1.84. The molecule has 1 heterocycles. The molecule has 0 unspecified atom stereocenters. The van der Waals surface area contributed by atoms with Crippen molar-refractivity contribution >= 4 is 43.0 Å². The van der Waals surface area contributed by atoms with E-state index in [9.17, 15) is 8.42 Å². The monoisotopic (exact) mass is 432 g/mol. The Morgan fingerprint density at radius 1 is 1.12 bits per heavy atom. The Kier molecular flexibility index (Phi) is 6.44. The van der Waals surface area contributed by atoms with Gasteiger partial charge in [0, 0.05) is 25.9 Å². The molecule has 1 aromatic carbocycles. The van der Waals surface area contributed by atoms with E-state index in [2.05, 4.69) is 26.0 Å². The van der Waals surface area contributed by atoms with Crippen LogP contribution in [0.15, 0.2) is 44.4 Å². The van der Waals surface area contributed by atoms with E-state index >= 15 is 0 Å². The van der Waals surface area contributed by atoms with Gasteiger partial charge in [-0.2, -0.15) is 0 Å². The number of benzene rings is 1. The number of rotatable bonds is 8. The normalized spacial score (nSPS) is 12.3. The topological polar surface area (TPSA) is 67.4 Å². The zero-order valence-electron chi connectivity index (χ0n) is 13.8. The Morgan fingerprint density at radius 3 is 2.33 bits per heavy atom. The maximum Gasteiger partial charge on any atom is 0.250 e. The van der Waals surface area contributed by atoms with Gasteiger partial charge in [-0.3, -0.25) is 0 Å². The largest absolute Gasteiger partial charge is 0.384 e. The van der Waals surface area contributed by atoms with Gasteiger partial charge >= 0.3 is 0 Å². The maximum atomic E-state index is 12.1. The summed E-state index contributed by atoms with van der Waals surface area (Å²) in [6.07, 6.45) is 0. The molecule has 24 heavy (non-hydrogen) atoms. The van der Waals surface area contributed by atoms with E-state index in [1.165, 1.54) is 11.3 Å². The smallest absolute Gasteiger partial charge is 0.250 e. The van der Waals surface area contributed by atoms with Gasteiger partial charge in [0.1, 0.15) is 4.21 Å². The van der Waals surface area contributed by atoms with Crippen LogP contribution in [-0.4, -0.2) is 28.6 Å². The molecule has 0 amide bonds. The molecular formula is C16H21BrN2O3S2. The van der Waals surface area contributed by atoms with Gasteiger partial charge in [-0.25, -0.2) is 13.1 Å². The molecule has 8 heteroatoms. The summed E-state index contributed by atoms with van der Waals surface area (Å²) in [5.41, 5.74) is 1.69. The number of methoxy groups -OCH3 is 1. The van der Waals surface area contributed by atoms with E-state index in [0.717, 1.165) is 15.0 Å². The molecule has 0 atom stereocenters. The Hall–Kier alpha value is -0.930. The molecule has 2 N–H and O–H groups in total. The lowest BCUT2D eigenvalue weighted by atomic mass is 9.98. The van der Waals surface area contributed by atoms with Crippen molar-refractivity contribution in [3.63, 3.8) is 0 Å². The van der Waals surface area contributed by atoms with Crippen molar-refractivity contribution in [1.82, 2.24) is 4.72 Å². The molecule has 5 nitrogen and oxygen atoms in total. The van der Waals surface area contributed by atoms with Crippen molar-refractivity contribution in [3.8, 4) is 0 Å². The van der Waals surface area contributed by atoms with Crippen LogP contribution in [-0.2, 0) is 20.4 Å². The van der Waals surface area contributed by atoms with E-state index in [4.69, 9.17) is 4.74 Å². The number of hydrogen-bond acceptors (Lipinski definition) is 5. The second-order valence-electron chi connectivity index (χ2n) is 5.67. The second-order valence-corrected chi connectivity index (χ2v) is 10.1. The van der Waals surface area contributed by atoms with Crippen molar-refractivity contribution in [3.05, 3.63) is 45.7 Å². The van der Waals surface area contributed by atoms with Gasteiger partial charge in [0.25, 0.3) is 0 Å². The number of halogens is 1. The van der Waals surface area contributed by atoms with Crippen LogP contribution in [0.1, 0.15) is 19.4 Å². The van der Waals surface area contributed by atoms with Crippen molar-refractivity contribution < 1.29 is 13.2 Å². The van der Waals surface area contributed by atoms with Crippen LogP contribution in [0.5, 0.6) is 0 Å². The van der Waals surface area contributed by atoms with Crippen LogP contribution in [0, 0.1) is 0 Å². The van der Waals surface area contributed by atoms with E-state index in [-0.39, 0.29) is 5.60 Å². The van der Waals surface area contributed by atoms with E-state index in [0.29, 0.717) is 17.3 Å². The van der Waals surface area contributed by atoms with Crippen molar-refractivity contribution in [2.24, 2.45) is 0 Å². The van der Waals surface area contributed by atoms with Gasteiger partial charge in [0.15, 0.2) is 0 Å². The average molecular weight is 433 g/mol.